The fraction of sp³-hybridized carbons (Fsp3) is 1.00. The van der Waals surface area contributed by atoms with Gasteiger partial charge in [0.05, 0.1) is 19.8 Å². The Morgan fingerprint density at radius 1 is 1.32 bits per heavy atom. The largest absolute Gasteiger partial charge is 0.408 e. The van der Waals surface area contributed by atoms with E-state index in [0.29, 0.717) is 45.2 Å². The molecule has 1 heterocycles. The van der Waals surface area contributed by atoms with Crippen molar-refractivity contribution in [3.63, 3.8) is 0 Å². The van der Waals surface area contributed by atoms with Crippen LogP contribution in [-0.4, -0.2) is 56.4 Å². The van der Waals surface area contributed by atoms with Gasteiger partial charge in [0.25, 0.3) is 0 Å². The van der Waals surface area contributed by atoms with E-state index in [1.807, 2.05) is 13.8 Å². The molecule has 1 aliphatic rings. The fourth-order valence-electron chi connectivity index (χ4n) is 1.70. The van der Waals surface area contributed by atoms with Crippen molar-refractivity contribution < 1.29 is 23.1 Å². The van der Waals surface area contributed by atoms with E-state index in [-0.39, 0.29) is 12.9 Å². The van der Waals surface area contributed by atoms with Gasteiger partial charge in [-0.1, -0.05) is 13.8 Å². The molecule has 1 saturated heterocycles. The van der Waals surface area contributed by atoms with Gasteiger partial charge >= 0.3 is 7.75 Å². The monoisotopic (exact) mass is 315 g/mol. The first-order valence-electron chi connectivity index (χ1n) is 6.56. The lowest BCUT2D eigenvalue weighted by Crippen LogP contribution is -2.34. The van der Waals surface area contributed by atoms with Crippen LogP contribution in [0.2, 0.25) is 0 Å². The summed E-state index contributed by atoms with van der Waals surface area (Å²) in [6.45, 7) is 6.30. The van der Waals surface area contributed by atoms with E-state index in [4.69, 9.17) is 30.1 Å². The van der Waals surface area contributed by atoms with E-state index in [9.17, 15) is 4.57 Å². The van der Waals surface area contributed by atoms with E-state index in [0.717, 1.165) is 0 Å². The third kappa shape index (κ3) is 5.68. The van der Waals surface area contributed by atoms with Crippen molar-refractivity contribution in [1.29, 1.82) is 0 Å². The average Bonchev–Trinajstić information content (AvgIpc) is 2.41. The number of halogens is 1. The standard InChI is InChI=1S/C11H23ClNO5P/c1-3-13(4-2)19(14,17-7-5-6-12)18-11-8-15-10-16-9-11/h11H,3-10H2,1-2H3. The lowest BCUT2D eigenvalue weighted by Gasteiger charge is -2.32. The summed E-state index contributed by atoms with van der Waals surface area (Å²) in [5.74, 6) is 0.466. The minimum Gasteiger partial charge on any atom is -0.353 e. The predicted molar refractivity (Wildman–Crippen MR) is 73.5 cm³/mol. The smallest absolute Gasteiger partial charge is 0.353 e. The predicted octanol–water partition coefficient (Wildman–Crippen LogP) is 2.47. The van der Waals surface area contributed by atoms with Gasteiger partial charge < -0.3 is 9.47 Å². The molecule has 1 unspecified atom stereocenters. The molecule has 0 aromatic carbocycles. The Balaban J connectivity index is 2.63. The normalized spacial score (nSPS) is 20.6. The highest BCUT2D eigenvalue weighted by Gasteiger charge is 2.35. The van der Waals surface area contributed by atoms with Crippen LogP contribution in [0.3, 0.4) is 0 Å². The molecule has 0 aliphatic carbocycles. The van der Waals surface area contributed by atoms with E-state index in [1.54, 1.807) is 4.67 Å². The summed E-state index contributed by atoms with van der Waals surface area (Å²) in [5, 5.41) is 0. The van der Waals surface area contributed by atoms with Gasteiger partial charge in [0.2, 0.25) is 0 Å². The number of hydrogen-bond acceptors (Lipinski definition) is 5. The fourth-order valence-corrected chi connectivity index (χ4v) is 3.72. The van der Waals surface area contributed by atoms with Gasteiger partial charge in [0.1, 0.15) is 12.9 Å². The maximum Gasteiger partial charge on any atom is 0.408 e. The van der Waals surface area contributed by atoms with Crippen molar-refractivity contribution >= 4 is 19.3 Å². The van der Waals surface area contributed by atoms with Crippen LogP contribution in [-0.2, 0) is 23.1 Å². The highest BCUT2D eigenvalue weighted by Crippen LogP contribution is 2.53. The van der Waals surface area contributed by atoms with Gasteiger partial charge in [-0.2, -0.15) is 0 Å². The first-order valence-corrected chi connectivity index (χ1v) is 8.59. The van der Waals surface area contributed by atoms with Crippen molar-refractivity contribution in [2.24, 2.45) is 0 Å². The van der Waals surface area contributed by atoms with Crippen LogP contribution in [0.4, 0.5) is 0 Å². The summed E-state index contributed by atoms with van der Waals surface area (Å²) in [5.41, 5.74) is 0. The van der Waals surface area contributed by atoms with Gasteiger partial charge in [-0.25, -0.2) is 9.24 Å². The minimum atomic E-state index is -3.31. The van der Waals surface area contributed by atoms with Crippen molar-refractivity contribution in [3.05, 3.63) is 0 Å². The Labute approximate surface area is 119 Å². The van der Waals surface area contributed by atoms with Gasteiger partial charge in [-0.3, -0.25) is 9.05 Å². The lowest BCUT2D eigenvalue weighted by atomic mass is 10.4. The van der Waals surface area contributed by atoms with Crippen LogP contribution >= 0.6 is 19.3 Å². The van der Waals surface area contributed by atoms with Crippen LogP contribution in [0.5, 0.6) is 0 Å². The first-order chi connectivity index (χ1) is 9.16. The summed E-state index contributed by atoms with van der Waals surface area (Å²) >= 11 is 5.61. The Kier molecular flexibility index (Phi) is 8.50. The molecular weight excluding hydrogens is 293 g/mol. The van der Waals surface area contributed by atoms with Gasteiger partial charge in [-0.15, -0.1) is 11.6 Å². The third-order valence-corrected chi connectivity index (χ3v) is 5.26. The SMILES string of the molecule is CCN(CC)P(=O)(OCCCCl)OC1COCOC1. The number of hydrogen-bond donors (Lipinski definition) is 0. The van der Waals surface area contributed by atoms with E-state index < -0.39 is 7.75 Å². The number of rotatable bonds is 9. The molecule has 1 fully saturated rings. The molecule has 1 atom stereocenters. The van der Waals surface area contributed by atoms with Gasteiger partial charge in [0, 0.05) is 19.0 Å². The zero-order valence-corrected chi connectivity index (χ0v) is 13.2. The zero-order valence-electron chi connectivity index (χ0n) is 11.5. The second-order valence-electron chi connectivity index (χ2n) is 4.07. The molecule has 1 rings (SSSR count). The van der Waals surface area contributed by atoms with Crippen LogP contribution in [0.15, 0.2) is 0 Å². The van der Waals surface area contributed by atoms with Crippen LogP contribution in [0.25, 0.3) is 0 Å². The molecule has 19 heavy (non-hydrogen) atoms. The van der Waals surface area contributed by atoms with Crippen molar-refractivity contribution in [2.75, 3.05) is 45.6 Å². The third-order valence-electron chi connectivity index (χ3n) is 2.67. The van der Waals surface area contributed by atoms with Crippen molar-refractivity contribution in [2.45, 2.75) is 26.4 Å². The average molecular weight is 316 g/mol. The quantitative estimate of drug-likeness (QED) is 0.370. The summed E-state index contributed by atoms with van der Waals surface area (Å²) < 4.78 is 35.9. The maximum atomic E-state index is 12.8. The molecule has 8 heteroatoms. The van der Waals surface area contributed by atoms with Crippen LogP contribution in [0.1, 0.15) is 20.3 Å². The van der Waals surface area contributed by atoms with Crippen molar-refractivity contribution in [1.82, 2.24) is 4.67 Å². The molecule has 0 aromatic heterocycles. The van der Waals surface area contributed by atoms with E-state index in [2.05, 4.69) is 0 Å². The first kappa shape index (κ1) is 17.4. The molecule has 6 nitrogen and oxygen atoms in total. The van der Waals surface area contributed by atoms with E-state index in [1.165, 1.54) is 0 Å². The van der Waals surface area contributed by atoms with Crippen LogP contribution in [0, 0.1) is 0 Å². The Morgan fingerprint density at radius 3 is 2.47 bits per heavy atom. The zero-order chi connectivity index (χ0) is 14.1. The molecule has 0 amide bonds. The van der Waals surface area contributed by atoms with Gasteiger partial charge in [0.15, 0.2) is 0 Å². The molecule has 1 aliphatic heterocycles. The topological polar surface area (TPSA) is 57.2 Å². The molecule has 0 N–H and O–H groups in total. The molecule has 0 aromatic rings. The molecule has 0 radical (unpaired) electrons. The number of alkyl halides is 1. The molecule has 114 valence electrons. The summed E-state index contributed by atoms with van der Waals surface area (Å²) in [7, 11) is -3.31. The summed E-state index contributed by atoms with van der Waals surface area (Å²) in [6, 6.07) is 0. The Bertz CT molecular complexity index is 284. The second-order valence-corrected chi connectivity index (χ2v) is 6.42. The van der Waals surface area contributed by atoms with Crippen molar-refractivity contribution in [3.8, 4) is 0 Å². The minimum absolute atomic E-state index is 0.253. The second kappa shape index (κ2) is 9.29. The number of nitrogens with zero attached hydrogens (tertiary/aromatic N) is 1. The van der Waals surface area contributed by atoms with Crippen LogP contribution < -0.4 is 0 Å². The molecule has 0 saturated carbocycles. The Hall–Kier alpha value is 0.320. The molecule has 0 spiro atoms. The van der Waals surface area contributed by atoms with E-state index >= 15 is 0 Å². The highest BCUT2D eigenvalue weighted by atomic mass is 35.5. The van der Waals surface area contributed by atoms with Gasteiger partial charge in [-0.05, 0) is 6.42 Å². The lowest BCUT2D eigenvalue weighted by molar-refractivity contribution is -0.147. The molecular formula is C11H23ClNO5P. The Morgan fingerprint density at radius 2 is 1.95 bits per heavy atom. The highest BCUT2D eigenvalue weighted by molar-refractivity contribution is 7.51. The number of ether oxygens (including phenoxy) is 2. The molecule has 0 bridgehead atoms. The summed E-state index contributed by atoms with van der Waals surface area (Å²) in [6.07, 6.45) is 0.268. The maximum absolute atomic E-state index is 12.8. The summed E-state index contributed by atoms with van der Waals surface area (Å²) in [4.78, 5) is 0.